The normalized spacial score (nSPS) is 13.3. The second kappa shape index (κ2) is 7.14. The molecule has 0 saturated heterocycles. The number of ether oxygens (including phenoxy) is 1. The summed E-state index contributed by atoms with van der Waals surface area (Å²) in [7, 11) is 0. The Morgan fingerprint density at radius 2 is 2.16 bits per heavy atom. The zero-order valence-corrected chi connectivity index (χ0v) is 14.2. The lowest BCUT2D eigenvalue weighted by atomic mass is 10.1. The van der Waals surface area contributed by atoms with Crippen LogP contribution in [0.2, 0.25) is 0 Å². The first-order valence-electron chi connectivity index (χ1n) is 7.64. The van der Waals surface area contributed by atoms with E-state index in [1.807, 2.05) is 0 Å². The summed E-state index contributed by atoms with van der Waals surface area (Å²) >= 11 is 1.26. The third-order valence-electron chi connectivity index (χ3n) is 3.67. The number of anilines is 1. The molecule has 1 aromatic heterocycles. The van der Waals surface area contributed by atoms with Crippen molar-refractivity contribution in [3.05, 3.63) is 46.0 Å². The highest BCUT2D eigenvalue weighted by Gasteiger charge is 2.26. The molecular weight excluding hydrogens is 352 g/mol. The van der Waals surface area contributed by atoms with Gasteiger partial charge in [-0.05, 0) is 25.1 Å². The average molecular weight is 367 g/mol. The van der Waals surface area contributed by atoms with E-state index in [-0.39, 0.29) is 18.1 Å². The van der Waals surface area contributed by atoms with E-state index in [1.165, 1.54) is 17.4 Å². The maximum atomic E-state index is 13.3. The van der Waals surface area contributed by atoms with Crippen molar-refractivity contribution in [3.8, 4) is 0 Å². The highest BCUT2D eigenvalue weighted by atomic mass is 32.1. The molecule has 0 saturated carbocycles. The molecule has 2 amide bonds. The van der Waals surface area contributed by atoms with E-state index in [0.717, 1.165) is 22.7 Å². The van der Waals surface area contributed by atoms with Crippen LogP contribution >= 0.6 is 11.3 Å². The summed E-state index contributed by atoms with van der Waals surface area (Å²) in [6, 6.07) is 3.09. The Morgan fingerprint density at radius 1 is 1.36 bits per heavy atom. The quantitative estimate of drug-likeness (QED) is 0.904. The molecule has 9 heteroatoms. The molecule has 0 unspecified atom stereocenters. The minimum absolute atomic E-state index is 0.0942. The molecule has 3 rings (SSSR count). The summed E-state index contributed by atoms with van der Waals surface area (Å²) in [5.41, 5.74) is 0.905. The van der Waals surface area contributed by atoms with Crippen LogP contribution in [0, 0.1) is 11.6 Å². The number of thiazole rings is 1. The summed E-state index contributed by atoms with van der Waals surface area (Å²) in [4.78, 5) is 30.6. The molecule has 25 heavy (non-hydrogen) atoms. The van der Waals surface area contributed by atoms with Crippen LogP contribution in [-0.4, -0.2) is 35.0 Å². The van der Waals surface area contributed by atoms with Gasteiger partial charge in [-0.25, -0.2) is 18.6 Å². The van der Waals surface area contributed by atoms with Crippen molar-refractivity contribution in [1.82, 2.24) is 9.88 Å². The zero-order valence-electron chi connectivity index (χ0n) is 13.3. The monoisotopic (exact) mass is 367 g/mol. The minimum atomic E-state index is -1.05. The van der Waals surface area contributed by atoms with Crippen molar-refractivity contribution < 1.29 is 23.1 Å². The Labute approximate surface area is 146 Å². The number of carbonyl (C=O) groups is 2. The van der Waals surface area contributed by atoms with Gasteiger partial charge < -0.3 is 9.64 Å². The van der Waals surface area contributed by atoms with Crippen molar-refractivity contribution >= 4 is 28.5 Å². The lowest BCUT2D eigenvalue weighted by Crippen LogP contribution is -2.35. The van der Waals surface area contributed by atoms with Gasteiger partial charge >= 0.3 is 6.09 Å². The molecule has 0 aliphatic carbocycles. The average Bonchev–Trinajstić information content (AvgIpc) is 2.98. The number of carbonyl (C=O) groups excluding carboxylic acids is 2. The molecular formula is C16H15F2N3O3S. The number of halogens is 2. The zero-order chi connectivity index (χ0) is 18.0. The van der Waals surface area contributed by atoms with Gasteiger partial charge in [0.2, 0.25) is 0 Å². The molecule has 2 aromatic rings. The van der Waals surface area contributed by atoms with Gasteiger partial charge in [0, 0.05) is 23.4 Å². The number of fused-ring (bicyclic) bond motifs is 1. The number of hydrogen-bond donors (Lipinski definition) is 1. The molecule has 1 aliphatic rings. The maximum absolute atomic E-state index is 13.3. The van der Waals surface area contributed by atoms with Crippen molar-refractivity contribution in [1.29, 1.82) is 0 Å². The number of nitrogens with zero attached hydrogens (tertiary/aromatic N) is 2. The standard InChI is InChI=1S/C16H15F2N3O3S/c1-2-24-16(23)20-15-19-12-5-6-21(8-13(12)25-15)14(22)9-3-4-10(17)11(18)7-9/h3-4,7H,2,5-6,8H2,1H3,(H,19,20,23). The van der Waals surface area contributed by atoms with Gasteiger partial charge in [-0.3, -0.25) is 10.1 Å². The van der Waals surface area contributed by atoms with Crippen LogP contribution < -0.4 is 5.32 Å². The van der Waals surface area contributed by atoms with Crippen molar-refractivity contribution in [2.75, 3.05) is 18.5 Å². The predicted octanol–water partition coefficient (Wildman–Crippen LogP) is 3.19. The van der Waals surface area contributed by atoms with Crippen molar-refractivity contribution in [2.45, 2.75) is 19.9 Å². The molecule has 0 radical (unpaired) electrons. The molecule has 1 N–H and O–H groups in total. The van der Waals surface area contributed by atoms with Crippen LogP contribution in [0.5, 0.6) is 0 Å². The first-order valence-corrected chi connectivity index (χ1v) is 8.46. The van der Waals surface area contributed by atoms with E-state index in [9.17, 15) is 18.4 Å². The summed E-state index contributed by atoms with van der Waals surface area (Å²) in [5, 5.41) is 2.95. The number of amides is 2. The van der Waals surface area contributed by atoms with Gasteiger partial charge in [0.25, 0.3) is 5.91 Å². The Balaban J connectivity index is 1.72. The van der Waals surface area contributed by atoms with Crippen molar-refractivity contribution in [2.24, 2.45) is 0 Å². The van der Waals surface area contributed by atoms with Crippen LogP contribution in [-0.2, 0) is 17.7 Å². The van der Waals surface area contributed by atoms with E-state index in [1.54, 1.807) is 11.8 Å². The highest BCUT2D eigenvalue weighted by molar-refractivity contribution is 7.15. The lowest BCUT2D eigenvalue weighted by molar-refractivity contribution is 0.0735. The number of benzene rings is 1. The van der Waals surface area contributed by atoms with E-state index in [2.05, 4.69) is 10.3 Å². The topological polar surface area (TPSA) is 71.5 Å². The van der Waals surface area contributed by atoms with E-state index < -0.39 is 17.7 Å². The van der Waals surface area contributed by atoms with Gasteiger partial charge in [-0.15, -0.1) is 0 Å². The van der Waals surface area contributed by atoms with Gasteiger partial charge in [0.15, 0.2) is 16.8 Å². The lowest BCUT2D eigenvalue weighted by Gasteiger charge is -2.26. The highest BCUT2D eigenvalue weighted by Crippen LogP contribution is 2.29. The second-order valence-corrected chi connectivity index (χ2v) is 6.42. The molecule has 0 bridgehead atoms. The number of nitrogens with one attached hydrogen (secondary N) is 1. The fraction of sp³-hybridized carbons (Fsp3) is 0.312. The Morgan fingerprint density at radius 3 is 2.88 bits per heavy atom. The molecule has 132 valence electrons. The smallest absolute Gasteiger partial charge is 0.413 e. The van der Waals surface area contributed by atoms with Crippen LogP contribution in [0.25, 0.3) is 0 Å². The third kappa shape index (κ3) is 3.76. The van der Waals surface area contributed by atoms with Gasteiger partial charge in [-0.1, -0.05) is 11.3 Å². The predicted molar refractivity (Wildman–Crippen MR) is 87.6 cm³/mol. The molecule has 2 heterocycles. The Bertz CT molecular complexity index is 825. The van der Waals surface area contributed by atoms with Gasteiger partial charge in [0.1, 0.15) is 0 Å². The molecule has 6 nitrogen and oxygen atoms in total. The first kappa shape index (κ1) is 17.3. The van der Waals surface area contributed by atoms with Gasteiger partial charge in [-0.2, -0.15) is 0 Å². The van der Waals surface area contributed by atoms with Crippen LogP contribution in [0.3, 0.4) is 0 Å². The SMILES string of the molecule is CCOC(=O)Nc1nc2c(s1)CN(C(=O)c1ccc(F)c(F)c1)CC2. The number of rotatable bonds is 3. The van der Waals surface area contributed by atoms with E-state index >= 15 is 0 Å². The van der Waals surface area contributed by atoms with Crippen LogP contribution in [0.15, 0.2) is 18.2 Å². The summed E-state index contributed by atoms with van der Waals surface area (Å²) in [5.74, 6) is -2.42. The summed E-state index contributed by atoms with van der Waals surface area (Å²) in [6.45, 7) is 2.67. The Hall–Kier alpha value is -2.55. The summed E-state index contributed by atoms with van der Waals surface area (Å²) < 4.78 is 31.1. The molecule has 0 fully saturated rings. The first-order chi connectivity index (χ1) is 12.0. The minimum Gasteiger partial charge on any atom is -0.450 e. The fourth-order valence-corrected chi connectivity index (χ4v) is 3.50. The summed E-state index contributed by atoms with van der Waals surface area (Å²) in [6.07, 6.45) is -0.0607. The fourth-order valence-electron chi connectivity index (χ4n) is 2.49. The van der Waals surface area contributed by atoms with E-state index in [0.29, 0.717) is 24.6 Å². The largest absolute Gasteiger partial charge is 0.450 e. The van der Waals surface area contributed by atoms with Crippen LogP contribution in [0.1, 0.15) is 27.9 Å². The van der Waals surface area contributed by atoms with E-state index in [4.69, 9.17) is 4.74 Å². The van der Waals surface area contributed by atoms with Crippen LogP contribution in [0.4, 0.5) is 18.7 Å². The molecule has 1 aromatic carbocycles. The maximum Gasteiger partial charge on any atom is 0.413 e. The molecule has 0 spiro atoms. The third-order valence-corrected chi connectivity index (χ3v) is 4.67. The number of hydrogen-bond acceptors (Lipinski definition) is 5. The van der Waals surface area contributed by atoms with Crippen molar-refractivity contribution in [3.63, 3.8) is 0 Å². The second-order valence-electron chi connectivity index (χ2n) is 5.34. The Kier molecular flexibility index (Phi) is 4.93. The van der Waals surface area contributed by atoms with Gasteiger partial charge in [0.05, 0.1) is 18.8 Å². The molecule has 0 atom stereocenters. The molecule has 1 aliphatic heterocycles. The number of aromatic nitrogens is 1.